The molecular weight excluding hydrogens is 276 g/mol. The van der Waals surface area contributed by atoms with Crippen LogP contribution in [-0.2, 0) is 16.0 Å². The van der Waals surface area contributed by atoms with Gasteiger partial charge in [-0.25, -0.2) is 0 Å². The molecule has 1 aromatic heterocycles. The lowest BCUT2D eigenvalue weighted by Gasteiger charge is -2.04. The number of thioether (sulfide) groups is 1. The Labute approximate surface area is 120 Å². The summed E-state index contributed by atoms with van der Waals surface area (Å²) in [5, 5.41) is 12.4. The van der Waals surface area contributed by atoms with E-state index in [1.807, 2.05) is 30.5 Å². The summed E-state index contributed by atoms with van der Waals surface area (Å²) in [5.41, 5.74) is 2.25. The number of carboxylic acid groups (broad SMARTS) is 1. The third-order valence-electron chi connectivity index (χ3n) is 2.85. The van der Waals surface area contributed by atoms with Crippen LogP contribution in [-0.4, -0.2) is 40.0 Å². The van der Waals surface area contributed by atoms with Crippen LogP contribution in [0.5, 0.6) is 0 Å². The van der Waals surface area contributed by atoms with Gasteiger partial charge in [0.1, 0.15) is 0 Å². The predicted octanol–water partition coefficient (Wildman–Crippen LogP) is 1.64. The Kier molecular flexibility index (Phi) is 5.06. The first-order valence-corrected chi connectivity index (χ1v) is 7.43. The summed E-state index contributed by atoms with van der Waals surface area (Å²) in [5.74, 6) is -0.895. The molecule has 6 heteroatoms. The molecular formula is C14H16N2O3S. The van der Waals surface area contributed by atoms with Crippen LogP contribution in [0.2, 0.25) is 0 Å². The molecule has 20 heavy (non-hydrogen) atoms. The number of fused-ring (bicyclic) bond motifs is 1. The monoisotopic (exact) mass is 292 g/mol. The number of aliphatic carboxylic acids is 1. The zero-order valence-corrected chi connectivity index (χ0v) is 11.7. The zero-order valence-electron chi connectivity index (χ0n) is 10.9. The Hall–Kier alpha value is -1.95. The molecule has 0 saturated carbocycles. The van der Waals surface area contributed by atoms with E-state index in [1.54, 1.807) is 0 Å². The average molecular weight is 292 g/mol. The number of benzene rings is 1. The summed E-state index contributed by atoms with van der Waals surface area (Å²) < 4.78 is 0. The molecule has 0 radical (unpaired) electrons. The van der Waals surface area contributed by atoms with Crippen LogP contribution >= 0.6 is 11.8 Å². The number of carboxylic acids is 1. The molecule has 1 heterocycles. The first-order chi connectivity index (χ1) is 9.66. The van der Waals surface area contributed by atoms with Crippen molar-refractivity contribution < 1.29 is 14.7 Å². The van der Waals surface area contributed by atoms with Gasteiger partial charge in [0, 0.05) is 23.6 Å². The lowest BCUT2D eigenvalue weighted by Crippen LogP contribution is -2.27. The highest BCUT2D eigenvalue weighted by atomic mass is 32.2. The van der Waals surface area contributed by atoms with Gasteiger partial charge in [-0.05, 0) is 18.1 Å². The maximum Gasteiger partial charge on any atom is 0.313 e. The van der Waals surface area contributed by atoms with E-state index in [1.165, 1.54) is 10.9 Å². The van der Waals surface area contributed by atoms with E-state index in [9.17, 15) is 9.59 Å². The largest absolute Gasteiger partial charge is 0.481 e. The van der Waals surface area contributed by atoms with Crippen molar-refractivity contribution in [3.8, 4) is 0 Å². The summed E-state index contributed by atoms with van der Waals surface area (Å²) in [4.78, 5) is 25.0. The van der Waals surface area contributed by atoms with E-state index in [4.69, 9.17) is 5.11 Å². The van der Waals surface area contributed by atoms with E-state index in [-0.39, 0.29) is 17.4 Å². The van der Waals surface area contributed by atoms with Crippen LogP contribution in [0.4, 0.5) is 0 Å². The van der Waals surface area contributed by atoms with Crippen molar-refractivity contribution >= 4 is 34.5 Å². The number of hydrogen-bond donors (Lipinski definition) is 3. The predicted molar refractivity (Wildman–Crippen MR) is 80.0 cm³/mol. The van der Waals surface area contributed by atoms with Crippen molar-refractivity contribution in [3.05, 3.63) is 36.0 Å². The summed E-state index contributed by atoms with van der Waals surface area (Å²) in [6, 6.07) is 8.02. The second kappa shape index (κ2) is 7.00. The third kappa shape index (κ3) is 4.03. The van der Waals surface area contributed by atoms with Crippen molar-refractivity contribution in [3.63, 3.8) is 0 Å². The molecule has 106 valence electrons. The molecule has 3 N–H and O–H groups in total. The third-order valence-corrected chi connectivity index (χ3v) is 3.77. The maximum absolute atomic E-state index is 11.5. The fourth-order valence-electron chi connectivity index (χ4n) is 1.96. The van der Waals surface area contributed by atoms with Gasteiger partial charge in [0.2, 0.25) is 5.91 Å². The molecule has 0 aliphatic carbocycles. The molecule has 0 fully saturated rings. The highest BCUT2D eigenvalue weighted by Crippen LogP contribution is 2.17. The minimum absolute atomic E-state index is 0.0458. The molecule has 1 amide bonds. The number of aromatic nitrogens is 1. The maximum atomic E-state index is 11.5. The fraction of sp³-hybridized carbons (Fsp3) is 0.286. The second-order valence-corrected chi connectivity index (χ2v) is 5.33. The molecule has 0 saturated heterocycles. The molecule has 2 aromatic rings. The molecule has 0 aliphatic heterocycles. The van der Waals surface area contributed by atoms with Crippen LogP contribution in [0.15, 0.2) is 30.5 Å². The number of rotatable bonds is 7. The second-order valence-electron chi connectivity index (χ2n) is 4.35. The first kappa shape index (κ1) is 14.5. The zero-order chi connectivity index (χ0) is 14.4. The van der Waals surface area contributed by atoms with E-state index in [0.717, 1.165) is 23.7 Å². The van der Waals surface area contributed by atoms with Crippen LogP contribution in [0.3, 0.4) is 0 Å². The van der Waals surface area contributed by atoms with Gasteiger partial charge in [-0.2, -0.15) is 0 Å². The van der Waals surface area contributed by atoms with Gasteiger partial charge in [-0.3, -0.25) is 9.59 Å². The van der Waals surface area contributed by atoms with Crippen molar-refractivity contribution in [1.29, 1.82) is 0 Å². The van der Waals surface area contributed by atoms with E-state index in [2.05, 4.69) is 10.3 Å². The van der Waals surface area contributed by atoms with Crippen molar-refractivity contribution in [2.45, 2.75) is 6.42 Å². The van der Waals surface area contributed by atoms with Gasteiger partial charge in [0.25, 0.3) is 0 Å². The Morgan fingerprint density at radius 2 is 2.05 bits per heavy atom. The van der Waals surface area contributed by atoms with Crippen molar-refractivity contribution in [2.75, 3.05) is 18.1 Å². The van der Waals surface area contributed by atoms with E-state index in [0.29, 0.717) is 6.54 Å². The number of para-hydroxylation sites is 1. The normalized spacial score (nSPS) is 10.6. The Morgan fingerprint density at radius 1 is 1.25 bits per heavy atom. The molecule has 0 spiro atoms. The molecule has 1 aromatic carbocycles. The summed E-state index contributed by atoms with van der Waals surface area (Å²) in [6.45, 7) is 0.550. The molecule has 0 unspecified atom stereocenters. The topological polar surface area (TPSA) is 82.2 Å². The van der Waals surface area contributed by atoms with Crippen LogP contribution in [0.1, 0.15) is 5.56 Å². The SMILES string of the molecule is O=C(O)CSCC(=O)NCCc1c[nH]c2ccccc12. The molecule has 0 bridgehead atoms. The highest BCUT2D eigenvalue weighted by molar-refractivity contribution is 8.00. The van der Waals surface area contributed by atoms with Gasteiger partial charge in [-0.15, -0.1) is 11.8 Å². The van der Waals surface area contributed by atoms with Crippen LogP contribution in [0.25, 0.3) is 10.9 Å². The first-order valence-electron chi connectivity index (χ1n) is 6.28. The summed E-state index contributed by atoms with van der Waals surface area (Å²) >= 11 is 1.10. The fourth-order valence-corrected chi connectivity index (χ4v) is 2.52. The Bertz CT molecular complexity index is 609. The van der Waals surface area contributed by atoms with E-state index < -0.39 is 5.97 Å². The summed E-state index contributed by atoms with van der Waals surface area (Å²) in [7, 11) is 0. The van der Waals surface area contributed by atoms with E-state index >= 15 is 0 Å². The molecule has 0 atom stereocenters. The Morgan fingerprint density at radius 3 is 2.85 bits per heavy atom. The smallest absolute Gasteiger partial charge is 0.313 e. The van der Waals surface area contributed by atoms with Gasteiger partial charge < -0.3 is 15.4 Å². The summed E-state index contributed by atoms with van der Waals surface area (Å²) in [6.07, 6.45) is 2.70. The quantitative estimate of drug-likeness (QED) is 0.724. The highest BCUT2D eigenvalue weighted by Gasteiger charge is 2.05. The number of carbonyl (C=O) groups excluding carboxylic acids is 1. The number of aromatic amines is 1. The number of amides is 1. The minimum Gasteiger partial charge on any atom is -0.481 e. The standard InChI is InChI=1S/C14H16N2O3S/c17-13(8-20-9-14(18)19)15-6-5-10-7-16-12-4-2-1-3-11(10)12/h1-4,7,16H,5-6,8-9H2,(H,15,17)(H,18,19). The molecule has 2 rings (SSSR count). The molecule has 5 nitrogen and oxygen atoms in total. The Balaban J connectivity index is 1.75. The van der Waals surface area contributed by atoms with Crippen molar-refractivity contribution in [1.82, 2.24) is 10.3 Å². The van der Waals surface area contributed by atoms with Gasteiger partial charge in [0.05, 0.1) is 11.5 Å². The van der Waals surface area contributed by atoms with Crippen LogP contribution < -0.4 is 5.32 Å². The molecule has 0 aliphatic rings. The number of nitrogens with one attached hydrogen (secondary N) is 2. The van der Waals surface area contributed by atoms with Crippen molar-refractivity contribution in [2.24, 2.45) is 0 Å². The number of carbonyl (C=O) groups is 2. The number of hydrogen-bond acceptors (Lipinski definition) is 3. The van der Waals surface area contributed by atoms with Gasteiger partial charge in [-0.1, -0.05) is 18.2 Å². The minimum atomic E-state index is -0.901. The van der Waals surface area contributed by atoms with Crippen LogP contribution in [0, 0.1) is 0 Å². The van der Waals surface area contributed by atoms with Gasteiger partial charge >= 0.3 is 5.97 Å². The average Bonchev–Trinajstić information content (AvgIpc) is 2.82. The number of H-pyrrole nitrogens is 1. The van der Waals surface area contributed by atoms with Gasteiger partial charge in [0.15, 0.2) is 0 Å². The lowest BCUT2D eigenvalue weighted by atomic mass is 10.1. The lowest BCUT2D eigenvalue weighted by molar-refractivity contribution is -0.133.